The lowest BCUT2D eigenvalue weighted by molar-refractivity contribution is -0.00810. The lowest BCUT2D eigenvalue weighted by Crippen LogP contribution is -2.33. The molecule has 1 fully saturated rings. The molecule has 9 heteroatoms. The molecule has 3 heterocycles. The van der Waals surface area contributed by atoms with Gasteiger partial charge in [0.15, 0.2) is 5.16 Å². The first-order chi connectivity index (χ1) is 9.60. The fourth-order valence-electron chi connectivity index (χ4n) is 2.09. The molecule has 1 aromatic rings. The number of hydrogen-bond donors (Lipinski definition) is 4. The molecule has 1 saturated heterocycles. The molecule has 0 saturated carbocycles. The molecule has 4 atom stereocenters. The Labute approximate surface area is 118 Å². The van der Waals surface area contributed by atoms with E-state index in [9.17, 15) is 15.0 Å². The van der Waals surface area contributed by atoms with Gasteiger partial charge in [0.1, 0.15) is 29.4 Å². The molecule has 2 aliphatic rings. The molecule has 1 aromatic heterocycles. The van der Waals surface area contributed by atoms with Crippen LogP contribution in [-0.2, 0) is 4.74 Å². The van der Waals surface area contributed by atoms with Crippen molar-refractivity contribution in [3.8, 4) is 0 Å². The van der Waals surface area contributed by atoms with Crippen LogP contribution in [0, 0.1) is 0 Å². The first-order valence-electron chi connectivity index (χ1n) is 6.03. The fourth-order valence-corrected chi connectivity index (χ4v) is 3.05. The maximum atomic E-state index is 11.6. The number of fused-ring (bicyclic) bond motifs is 1. The van der Waals surface area contributed by atoms with Crippen LogP contribution in [0.1, 0.15) is 10.5 Å². The molecule has 4 N–H and O–H groups in total. The highest BCUT2D eigenvalue weighted by atomic mass is 32.2. The van der Waals surface area contributed by atoms with Crippen molar-refractivity contribution in [3.63, 3.8) is 0 Å². The molecule has 8 nitrogen and oxygen atoms in total. The summed E-state index contributed by atoms with van der Waals surface area (Å²) in [6.07, 6.45) is -1.64. The molecule has 3 rings (SSSR count). The van der Waals surface area contributed by atoms with Gasteiger partial charge in [0.25, 0.3) is 0 Å². The Hall–Kier alpha value is -1.26. The van der Waals surface area contributed by atoms with Crippen LogP contribution in [0.25, 0.3) is 0 Å². The molecule has 0 bridgehead atoms. The number of nitrogens with zero attached hydrogens (tertiary/aromatic N) is 2. The number of rotatable bonds is 3. The van der Waals surface area contributed by atoms with Crippen LogP contribution in [0.4, 0.5) is 5.69 Å². The number of aromatic nitrogens is 2. The van der Waals surface area contributed by atoms with Gasteiger partial charge in [-0.1, -0.05) is 11.8 Å². The summed E-state index contributed by atoms with van der Waals surface area (Å²) < 4.78 is 5.32. The van der Waals surface area contributed by atoms with Gasteiger partial charge in [-0.05, 0) is 0 Å². The zero-order chi connectivity index (χ0) is 14.3. The van der Waals surface area contributed by atoms with E-state index in [0.29, 0.717) is 11.4 Å². The third-order valence-corrected chi connectivity index (χ3v) is 4.22. The SMILES string of the molecule is O=C1CNc2cnc(SC3O[C@H](CO)[C@@H](O)[C@H]3O)nc21. The summed E-state index contributed by atoms with van der Waals surface area (Å²) in [5.74, 6) is -0.120. The molecule has 2 aliphatic heterocycles. The minimum absolute atomic E-state index is 0.120. The van der Waals surface area contributed by atoms with Crippen molar-refractivity contribution in [1.29, 1.82) is 0 Å². The summed E-state index contributed by atoms with van der Waals surface area (Å²) in [6, 6.07) is 0. The Morgan fingerprint density at radius 1 is 1.45 bits per heavy atom. The van der Waals surface area contributed by atoms with E-state index in [4.69, 9.17) is 9.84 Å². The quantitative estimate of drug-likeness (QED) is 0.499. The number of aliphatic hydroxyl groups excluding tert-OH is 3. The van der Waals surface area contributed by atoms with Crippen molar-refractivity contribution in [1.82, 2.24) is 9.97 Å². The van der Waals surface area contributed by atoms with Crippen molar-refractivity contribution in [3.05, 3.63) is 11.9 Å². The Bertz CT molecular complexity index is 543. The Morgan fingerprint density at radius 3 is 2.95 bits per heavy atom. The normalized spacial score (nSPS) is 32.2. The summed E-state index contributed by atoms with van der Waals surface area (Å²) in [5, 5.41) is 31.6. The van der Waals surface area contributed by atoms with Crippen LogP contribution in [0.2, 0.25) is 0 Å². The molecular formula is C11H13N3O5S. The van der Waals surface area contributed by atoms with Gasteiger partial charge in [-0.25, -0.2) is 9.97 Å². The predicted molar refractivity (Wildman–Crippen MR) is 68.5 cm³/mol. The first kappa shape index (κ1) is 13.7. The van der Waals surface area contributed by atoms with Crippen LogP contribution < -0.4 is 5.32 Å². The second-order valence-electron chi connectivity index (χ2n) is 4.52. The maximum Gasteiger partial charge on any atom is 0.202 e. The van der Waals surface area contributed by atoms with Gasteiger partial charge in [0.05, 0.1) is 25.0 Å². The van der Waals surface area contributed by atoms with E-state index < -0.39 is 23.7 Å². The second-order valence-corrected chi connectivity index (χ2v) is 5.58. The number of anilines is 1. The first-order valence-corrected chi connectivity index (χ1v) is 6.91. The average Bonchev–Trinajstić information content (AvgIpc) is 2.94. The smallest absolute Gasteiger partial charge is 0.202 e. The van der Waals surface area contributed by atoms with E-state index in [1.807, 2.05) is 0 Å². The zero-order valence-corrected chi connectivity index (χ0v) is 11.1. The summed E-state index contributed by atoms with van der Waals surface area (Å²) in [7, 11) is 0. The summed E-state index contributed by atoms with van der Waals surface area (Å²) in [4.78, 5) is 19.7. The Kier molecular flexibility index (Phi) is 3.61. The van der Waals surface area contributed by atoms with E-state index in [1.54, 1.807) is 0 Å². The number of thioether (sulfide) groups is 1. The van der Waals surface area contributed by atoms with Gasteiger partial charge < -0.3 is 25.4 Å². The third kappa shape index (κ3) is 2.27. The number of aliphatic hydroxyl groups is 3. The molecule has 1 unspecified atom stereocenters. The highest BCUT2D eigenvalue weighted by molar-refractivity contribution is 7.99. The lowest BCUT2D eigenvalue weighted by atomic mass is 10.2. The van der Waals surface area contributed by atoms with Gasteiger partial charge in [-0.3, -0.25) is 4.79 Å². The molecule has 0 amide bonds. The molecule has 20 heavy (non-hydrogen) atoms. The van der Waals surface area contributed by atoms with Crippen molar-refractivity contribution < 1.29 is 24.9 Å². The number of nitrogens with one attached hydrogen (secondary N) is 1. The minimum atomic E-state index is -1.16. The van der Waals surface area contributed by atoms with Gasteiger partial charge in [0, 0.05) is 0 Å². The standard InChI is InChI=1S/C11H13N3O5S/c15-3-6-8(17)9(18)10(19-6)20-11-13-1-4-7(14-11)5(16)2-12-4/h1,6,8-10,12,15,17-18H,2-3H2/t6-,8-,9-,10?/m1/s1. The Morgan fingerprint density at radius 2 is 2.25 bits per heavy atom. The molecule has 0 aromatic carbocycles. The average molecular weight is 299 g/mol. The fraction of sp³-hybridized carbons (Fsp3) is 0.545. The molecule has 0 spiro atoms. The van der Waals surface area contributed by atoms with Gasteiger partial charge in [0.2, 0.25) is 5.78 Å². The number of ether oxygens (including phenoxy) is 1. The van der Waals surface area contributed by atoms with Gasteiger partial charge in [-0.15, -0.1) is 0 Å². The third-order valence-electron chi connectivity index (χ3n) is 3.19. The van der Waals surface area contributed by atoms with Crippen molar-refractivity contribution in [2.24, 2.45) is 0 Å². The second kappa shape index (κ2) is 5.26. The monoisotopic (exact) mass is 299 g/mol. The van der Waals surface area contributed by atoms with Gasteiger partial charge in [-0.2, -0.15) is 0 Å². The van der Waals surface area contributed by atoms with Gasteiger partial charge >= 0.3 is 0 Å². The van der Waals surface area contributed by atoms with Crippen molar-refractivity contribution in [2.75, 3.05) is 18.5 Å². The zero-order valence-electron chi connectivity index (χ0n) is 10.3. The number of hydrogen-bond acceptors (Lipinski definition) is 9. The summed E-state index contributed by atoms with van der Waals surface area (Å²) >= 11 is 1.00. The van der Waals surface area contributed by atoms with E-state index in [-0.39, 0.29) is 24.1 Å². The molecule has 0 aliphatic carbocycles. The maximum absolute atomic E-state index is 11.6. The largest absolute Gasteiger partial charge is 0.394 e. The minimum Gasteiger partial charge on any atom is -0.394 e. The van der Waals surface area contributed by atoms with E-state index >= 15 is 0 Å². The van der Waals surface area contributed by atoms with Crippen molar-refractivity contribution in [2.45, 2.75) is 28.9 Å². The number of carbonyl (C=O) groups is 1. The van der Waals surface area contributed by atoms with Crippen LogP contribution >= 0.6 is 11.8 Å². The Balaban J connectivity index is 1.76. The summed E-state index contributed by atoms with van der Waals surface area (Å²) in [6.45, 7) is -0.186. The lowest BCUT2D eigenvalue weighted by Gasteiger charge is -2.12. The van der Waals surface area contributed by atoms with Crippen LogP contribution in [0.3, 0.4) is 0 Å². The highest BCUT2D eigenvalue weighted by Gasteiger charge is 2.43. The highest BCUT2D eigenvalue weighted by Crippen LogP contribution is 2.33. The number of ketones is 1. The molecule has 0 radical (unpaired) electrons. The molecule has 108 valence electrons. The van der Waals surface area contributed by atoms with Crippen LogP contribution in [0.15, 0.2) is 11.4 Å². The van der Waals surface area contributed by atoms with E-state index in [0.717, 1.165) is 11.8 Å². The predicted octanol–water partition coefficient (Wildman–Crippen LogP) is -1.38. The summed E-state index contributed by atoms with van der Waals surface area (Å²) in [5.41, 5.74) is 0.111. The van der Waals surface area contributed by atoms with Crippen LogP contribution in [-0.4, -0.2) is 68.0 Å². The topological polar surface area (TPSA) is 125 Å². The molecular weight excluding hydrogens is 286 g/mol. The van der Waals surface area contributed by atoms with Crippen LogP contribution in [0.5, 0.6) is 0 Å². The number of Topliss-reactive ketones (excluding diaryl/α,β-unsaturated/α-hetero) is 1. The number of carbonyl (C=O) groups excluding carboxylic acids is 1. The van der Waals surface area contributed by atoms with Crippen molar-refractivity contribution >= 4 is 23.2 Å². The van der Waals surface area contributed by atoms with E-state index in [1.165, 1.54) is 6.20 Å². The van der Waals surface area contributed by atoms with E-state index in [2.05, 4.69) is 15.3 Å².